The molecule has 1 heterocycles. The molecule has 0 bridgehead atoms. The fourth-order valence-electron chi connectivity index (χ4n) is 2.49. The highest BCUT2D eigenvalue weighted by molar-refractivity contribution is 5.69. The van der Waals surface area contributed by atoms with Crippen LogP contribution in [0.5, 0.6) is 0 Å². The van der Waals surface area contributed by atoms with Crippen molar-refractivity contribution >= 4 is 6.09 Å². The molecule has 2 atom stereocenters. The Labute approximate surface area is 100 Å². The summed E-state index contributed by atoms with van der Waals surface area (Å²) in [5, 5.41) is 6.25. The lowest BCUT2D eigenvalue weighted by Crippen LogP contribution is -2.41. The molecular weight excluding hydrogens is 216 g/mol. The van der Waals surface area contributed by atoms with Gasteiger partial charge >= 0.3 is 6.09 Å². The Balaban J connectivity index is 1.48. The number of amides is 1. The average molecular weight is 232 g/mol. The zero-order valence-corrected chi connectivity index (χ0v) is 9.61. The Morgan fingerprint density at radius 3 is 2.94 bits per heavy atom. The minimum absolute atomic E-state index is 0.00618. The summed E-state index contributed by atoms with van der Waals surface area (Å²) in [4.78, 5) is 11.6. The monoisotopic (exact) mass is 232 g/mol. The Morgan fingerprint density at radius 1 is 1.47 bits per heavy atom. The molecule has 3 rings (SSSR count). The van der Waals surface area contributed by atoms with Crippen molar-refractivity contribution in [1.29, 1.82) is 0 Å². The Morgan fingerprint density at radius 2 is 2.29 bits per heavy atom. The lowest BCUT2D eigenvalue weighted by Gasteiger charge is -2.14. The number of fused-ring (bicyclic) bond motifs is 1. The van der Waals surface area contributed by atoms with E-state index in [9.17, 15) is 4.79 Å². The van der Waals surface area contributed by atoms with Crippen LogP contribution in [-0.4, -0.2) is 24.7 Å². The highest BCUT2D eigenvalue weighted by atomic mass is 16.5. The summed E-state index contributed by atoms with van der Waals surface area (Å²) in [6.45, 7) is 2.22. The van der Waals surface area contributed by atoms with Crippen molar-refractivity contribution in [3.8, 4) is 0 Å². The van der Waals surface area contributed by atoms with Gasteiger partial charge in [0.2, 0.25) is 0 Å². The van der Waals surface area contributed by atoms with Gasteiger partial charge in [-0.1, -0.05) is 30.3 Å². The van der Waals surface area contributed by atoms with Crippen molar-refractivity contribution in [2.75, 3.05) is 13.1 Å². The largest absolute Gasteiger partial charge is 0.445 e. The summed E-state index contributed by atoms with van der Waals surface area (Å²) in [5.74, 6) is 0.603. The van der Waals surface area contributed by atoms with Crippen LogP contribution in [-0.2, 0) is 11.3 Å². The van der Waals surface area contributed by atoms with Crippen molar-refractivity contribution in [3.05, 3.63) is 35.9 Å². The van der Waals surface area contributed by atoms with E-state index in [0.29, 0.717) is 12.5 Å². The number of nitrogens with one attached hydrogen (secondary N) is 2. The molecule has 17 heavy (non-hydrogen) atoms. The molecule has 1 aliphatic heterocycles. The van der Waals surface area contributed by atoms with E-state index in [1.54, 1.807) is 0 Å². The van der Waals surface area contributed by atoms with Crippen molar-refractivity contribution in [2.45, 2.75) is 18.6 Å². The maximum absolute atomic E-state index is 11.6. The standard InChI is InChI=1S/C13H16N2O2/c16-12(15-13-6-11(13)7-14-9-13)17-8-10-4-2-1-3-5-10/h1-5,11,14H,6-9H2,(H,15,16)/t11-,13+/m1/s1. The van der Waals surface area contributed by atoms with Crippen LogP contribution >= 0.6 is 0 Å². The average Bonchev–Trinajstić information content (AvgIpc) is 2.88. The quantitative estimate of drug-likeness (QED) is 0.825. The van der Waals surface area contributed by atoms with Crippen LogP contribution in [0.1, 0.15) is 12.0 Å². The predicted octanol–water partition coefficient (Wildman–Crippen LogP) is 1.27. The maximum Gasteiger partial charge on any atom is 0.407 e. The summed E-state index contributed by atoms with van der Waals surface area (Å²) >= 11 is 0. The van der Waals surface area contributed by atoms with Gasteiger partial charge in [0.25, 0.3) is 0 Å². The van der Waals surface area contributed by atoms with Gasteiger partial charge in [0, 0.05) is 13.1 Å². The third-order valence-electron chi connectivity index (χ3n) is 3.63. The number of hydrogen-bond donors (Lipinski definition) is 2. The summed E-state index contributed by atoms with van der Waals surface area (Å²) in [5.41, 5.74) is 1.00. The molecule has 0 unspecified atom stereocenters. The van der Waals surface area contributed by atoms with Gasteiger partial charge < -0.3 is 15.4 Å². The van der Waals surface area contributed by atoms with Gasteiger partial charge in [0.15, 0.2) is 0 Å². The van der Waals surface area contributed by atoms with E-state index >= 15 is 0 Å². The van der Waals surface area contributed by atoms with Crippen LogP contribution in [0.4, 0.5) is 4.79 Å². The predicted molar refractivity (Wildman–Crippen MR) is 63.5 cm³/mol. The zero-order valence-electron chi connectivity index (χ0n) is 9.61. The number of hydrogen-bond acceptors (Lipinski definition) is 3. The Bertz CT molecular complexity index is 421. The third-order valence-corrected chi connectivity index (χ3v) is 3.63. The van der Waals surface area contributed by atoms with Crippen molar-refractivity contribution in [2.24, 2.45) is 5.92 Å². The van der Waals surface area contributed by atoms with Gasteiger partial charge in [-0.3, -0.25) is 0 Å². The topological polar surface area (TPSA) is 50.4 Å². The number of piperidine rings is 1. The molecule has 4 nitrogen and oxygen atoms in total. The van der Waals surface area contributed by atoms with Crippen LogP contribution < -0.4 is 10.6 Å². The minimum atomic E-state index is -0.306. The van der Waals surface area contributed by atoms with Crippen LogP contribution in [0.3, 0.4) is 0 Å². The fourth-order valence-corrected chi connectivity index (χ4v) is 2.49. The summed E-state index contributed by atoms with van der Waals surface area (Å²) < 4.78 is 5.20. The van der Waals surface area contributed by atoms with E-state index in [1.807, 2.05) is 30.3 Å². The molecule has 1 aromatic rings. The lowest BCUT2D eigenvalue weighted by molar-refractivity contribution is 0.134. The highest BCUT2D eigenvalue weighted by Crippen LogP contribution is 2.45. The normalized spacial score (nSPS) is 29.5. The molecule has 1 saturated carbocycles. The first kappa shape index (κ1) is 10.6. The van der Waals surface area contributed by atoms with E-state index in [0.717, 1.165) is 25.1 Å². The molecule has 1 aliphatic carbocycles. The molecule has 1 amide bonds. The van der Waals surface area contributed by atoms with E-state index < -0.39 is 0 Å². The first-order valence-electron chi connectivity index (χ1n) is 5.98. The van der Waals surface area contributed by atoms with E-state index in [-0.39, 0.29) is 11.6 Å². The first-order chi connectivity index (χ1) is 8.28. The van der Waals surface area contributed by atoms with Crippen LogP contribution in [0.15, 0.2) is 30.3 Å². The molecule has 1 aromatic carbocycles. The number of benzene rings is 1. The molecule has 2 N–H and O–H groups in total. The zero-order chi connectivity index (χ0) is 11.7. The van der Waals surface area contributed by atoms with E-state index in [1.165, 1.54) is 0 Å². The third kappa shape index (κ3) is 2.13. The SMILES string of the molecule is O=C(N[C@@]12CNC[C@H]1C2)OCc1ccccc1. The highest BCUT2D eigenvalue weighted by Gasteiger charge is 2.58. The fraction of sp³-hybridized carbons (Fsp3) is 0.462. The number of ether oxygens (including phenoxy) is 1. The molecule has 2 aliphatic rings. The summed E-state index contributed by atoms with van der Waals surface area (Å²) in [6, 6.07) is 9.72. The molecular formula is C13H16N2O2. The van der Waals surface area contributed by atoms with Crippen LogP contribution in [0.25, 0.3) is 0 Å². The van der Waals surface area contributed by atoms with Crippen molar-refractivity contribution in [1.82, 2.24) is 10.6 Å². The first-order valence-corrected chi connectivity index (χ1v) is 5.98. The Hall–Kier alpha value is -1.55. The molecule has 4 heteroatoms. The summed E-state index contributed by atoms with van der Waals surface area (Å²) in [7, 11) is 0. The maximum atomic E-state index is 11.6. The molecule has 0 radical (unpaired) electrons. The van der Waals surface area contributed by atoms with Crippen molar-refractivity contribution < 1.29 is 9.53 Å². The van der Waals surface area contributed by atoms with Crippen molar-refractivity contribution in [3.63, 3.8) is 0 Å². The van der Waals surface area contributed by atoms with Gasteiger partial charge in [-0.15, -0.1) is 0 Å². The molecule has 2 fully saturated rings. The number of alkyl carbamates (subject to hydrolysis) is 1. The molecule has 1 saturated heterocycles. The number of carbonyl (C=O) groups is 1. The Kier molecular flexibility index (Phi) is 2.52. The number of rotatable bonds is 3. The molecule has 0 spiro atoms. The number of carbonyl (C=O) groups excluding carboxylic acids is 1. The second-order valence-electron chi connectivity index (χ2n) is 4.87. The van der Waals surface area contributed by atoms with Gasteiger partial charge in [-0.2, -0.15) is 0 Å². The van der Waals surface area contributed by atoms with Crippen LogP contribution in [0, 0.1) is 5.92 Å². The molecule has 90 valence electrons. The van der Waals surface area contributed by atoms with Gasteiger partial charge in [0.1, 0.15) is 6.61 Å². The van der Waals surface area contributed by atoms with E-state index in [2.05, 4.69) is 10.6 Å². The molecule has 0 aromatic heterocycles. The lowest BCUT2D eigenvalue weighted by atomic mass is 10.2. The van der Waals surface area contributed by atoms with Gasteiger partial charge in [-0.05, 0) is 17.9 Å². The van der Waals surface area contributed by atoms with Gasteiger partial charge in [-0.25, -0.2) is 4.79 Å². The summed E-state index contributed by atoms with van der Waals surface area (Å²) in [6.07, 6.45) is 0.778. The minimum Gasteiger partial charge on any atom is -0.445 e. The smallest absolute Gasteiger partial charge is 0.407 e. The van der Waals surface area contributed by atoms with Crippen LogP contribution in [0.2, 0.25) is 0 Å². The van der Waals surface area contributed by atoms with Gasteiger partial charge in [0.05, 0.1) is 5.54 Å². The van der Waals surface area contributed by atoms with E-state index in [4.69, 9.17) is 4.74 Å². The second kappa shape index (κ2) is 4.04. The second-order valence-corrected chi connectivity index (χ2v) is 4.87.